The molecule has 0 aliphatic carbocycles. The first-order valence-electron chi connectivity index (χ1n) is 10.2. The fraction of sp³-hybridized carbons (Fsp3) is 0.125. The number of carbonyl (C=O) groups is 1. The molecule has 0 bridgehead atoms. The van der Waals surface area contributed by atoms with Crippen molar-refractivity contribution < 1.29 is 26.4 Å². The number of hydrogen-bond donors (Lipinski definition) is 3. The Labute approximate surface area is 195 Å². The van der Waals surface area contributed by atoms with Crippen molar-refractivity contribution >= 4 is 38.6 Å². The van der Waals surface area contributed by atoms with Crippen molar-refractivity contribution in [2.24, 2.45) is 0 Å². The van der Waals surface area contributed by atoms with Gasteiger partial charge in [0.25, 0.3) is 10.0 Å². The van der Waals surface area contributed by atoms with Crippen LogP contribution in [0.25, 0.3) is 10.9 Å². The van der Waals surface area contributed by atoms with Gasteiger partial charge in [-0.1, -0.05) is 19.9 Å². The van der Waals surface area contributed by atoms with Crippen molar-refractivity contribution in [1.29, 1.82) is 0 Å². The summed E-state index contributed by atoms with van der Waals surface area (Å²) in [6.45, 7) is 4.00. The zero-order valence-electron chi connectivity index (χ0n) is 18.7. The normalized spacial score (nSPS) is 10.4. The molecule has 0 fully saturated rings. The summed E-state index contributed by atoms with van der Waals surface area (Å²) in [7, 11) is -2.18. The Kier molecular flexibility index (Phi) is 9.26. The number of halogens is 3. The second kappa shape index (κ2) is 11.9. The summed E-state index contributed by atoms with van der Waals surface area (Å²) in [5.74, 6) is -2.02. The maximum atomic E-state index is 13.0. The molecule has 0 atom stereocenters. The minimum Gasteiger partial charge on any atom is -0.388 e. The Balaban J connectivity index is 0.000000248. The Morgan fingerprint density at radius 1 is 0.853 bits per heavy atom. The predicted molar refractivity (Wildman–Crippen MR) is 128 cm³/mol. The molecule has 0 saturated carbocycles. The van der Waals surface area contributed by atoms with Crippen molar-refractivity contribution in [2.45, 2.75) is 18.7 Å². The van der Waals surface area contributed by atoms with Crippen LogP contribution < -0.4 is 10.0 Å². The van der Waals surface area contributed by atoms with E-state index in [9.17, 15) is 26.4 Å². The maximum Gasteiger partial charge on any atom is 0.261 e. The van der Waals surface area contributed by atoms with Gasteiger partial charge in [0.15, 0.2) is 6.29 Å². The van der Waals surface area contributed by atoms with Gasteiger partial charge in [-0.05, 0) is 54.6 Å². The lowest BCUT2D eigenvalue weighted by molar-refractivity contribution is 0.111. The van der Waals surface area contributed by atoms with E-state index in [1.807, 2.05) is 13.8 Å². The van der Waals surface area contributed by atoms with E-state index < -0.39 is 21.7 Å². The van der Waals surface area contributed by atoms with Crippen LogP contribution in [0, 0.1) is 17.5 Å². The lowest BCUT2D eigenvalue weighted by Crippen LogP contribution is -2.13. The first kappa shape index (κ1) is 26.5. The highest BCUT2D eigenvalue weighted by molar-refractivity contribution is 7.92. The molecule has 6 nitrogen and oxygen atoms in total. The molecular weight excluding hydrogens is 467 g/mol. The molecule has 1 heterocycles. The number of benzene rings is 3. The average Bonchev–Trinajstić information content (AvgIpc) is 3.25. The molecule has 180 valence electrons. The van der Waals surface area contributed by atoms with Gasteiger partial charge in [0.1, 0.15) is 17.5 Å². The van der Waals surface area contributed by atoms with E-state index in [0.29, 0.717) is 28.9 Å². The number of H-pyrrole nitrogens is 1. The van der Waals surface area contributed by atoms with Crippen LogP contribution in [0.3, 0.4) is 0 Å². The first-order valence-corrected chi connectivity index (χ1v) is 11.7. The van der Waals surface area contributed by atoms with E-state index in [4.69, 9.17) is 0 Å². The van der Waals surface area contributed by atoms with Crippen LogP contribution in [0.2, 0.25) is 0 Å². The van der Waals surface area contributed by atoms with Crippen LogP contribution in [0.15, 0.2) is 71.6 Å². The van der Waals surface area contributed by atoms with Gasteiger partial charge in [0, 0.05) is 29.7 Å². The third-order valence-corrected chi connectivity index (χ3v) is 5.72. The van der Waals surface area contributed by atoms with Gasteiger partial charge in [-0.25, -0.2) is 21.6 Å². The maximum absolute atomic E-state index is 13.0. The highest BCUT2D eigenvalue weighted by Gasteiger charge is 2.15. The minimum atomic E-state index is -3.88. The van der Waals surface area contributed by atoms with Crippen molar-refractivity contribution in [3.05, 3.63) is 89.9 Å². The zero-order chi connectivity index (χ0) is 25.3. The average molecular weight is 492 g/mol. The summed E-state index contributed by atoms with van der Waals surface area (Å²) < 4.78 is 65.3. The Bertz CT molecular complexity index is 1330. The predicted octanol–water partition coefficient (Wildman–Crippen LogP) is 5.95. The molecule has 1 aromatic heterocycles. The smallest absolute Gasteiger partial charge is 0.261 e. The van der Waals surface area contributed by atoms with Crippen LogP contribution in [-0.2, 0) is 10.0 Å². The molecule has 0 amide bonds. The monoisotopic (exact) mass is 491 g/mol. The van der Waals surface area contributed by atoms with Crippen LogP contribution >= 0.6 is 0 Å². The number of fused-ring (bicyclic) bond motifs is 1. The van der Waals surface area contributed by atoms with Gasteiger partial charge in [0.05, 0.1) is 16.3 Å². The van der Waals surface area contributed by atoms with Gasteiger partial charge in [-0.15, -0.1) is 0 Å². The molecule has 0 saturated heterocycles. The number of carbonyl (C=O) groups excluding carboxylic acids is 1. The number of aromatic nitrogens is 1. The zero-order valence-corrected chi connectivity index (χ0v) is 19.5. The third-order valence-electron chi connectivity index (χ3n) is 4.33. The van der Waals surface area contributed by atoms with Crippen molar-refractivity contribution in [3.63, 3.8) is 0 Å². The first-order chi connectivity index (χ1) is 16.2. The molecule has 3 aromatic carbocycles. The number of nitrogens with one attached hydrogen (secondary N) is 3. The van der Waals surface area contributed by atoms with Crippen LogP contribution in [0.4, 0.5) is 24.5 Å². The standard InChI is InChI=1S/C13H12F2N2O2S.C9H6FNO.C2H6/c1-16-11-2-4-13(5-3-11)20(18,19)17-12-7-9(14)6-10(15)8-12;10-8-2-1-3-9-7(8)4-6(5-12)11-9;1-2/h2-8,16-17H,1H3;1-5,11H;1-2H3. The Morgan fingerprint density at radius 3 is 2.00 bits per heavy atom. The van der Waals surface area contributed by atoms with E-state index in [1.165, 1.54) is 24.3 Å². The van der Waals surface area contributed by atoms with Crippen LogP contribution in [0.1, 0.15) is 24.3 Å². The summed E-state index contributed by atoms with van der Waals surface area (Å²) in [5.41, 5.74) is 1.63. The van der Waals surface area contributed by atoms with Gasteiger partial charge in [-0.3, -0.25) is 9.52 Å². The minimum absolute atomic E-state index is 0.00108. The molecule has 0 aliphatic rings. The van der Waals surface area contributed by atoms with Gasteiger partial charge < -0.3 is 10.3 Å². The summed E-state index contributed by atoms with van der Waals surface area (Å²) in [5, 5.41) is 3.31. The van der Waals surface area contributed by atoms with Crippen LogP contribution in [0.5, 0.6) is 0 Å². The van der Waals surface area contributed by atoms with E-state index >= 15 is 0 Å². The van der Waals surface area contributed by atoms with Gasteiger partial charge >= 0.3 is 0 Å². The van der Waals surface area contributed by atoms with E-state index in [-0.39, 0.29) is 16.4 Å². The van der Waals surface area contributed by atoms with E-state index in [0.717, 1.165) is 17.8 Å². The molecule has 0 aliphatic heterocycles. The molecule has 0 radical (unpaired) electrons. The number of sulfonamides is 1. The molecule has 4 rings (SSSR count). The molecule has 0 unspecified atom stereocenters. The second-order valence-corrected chi connectivity index (χ2v) is 8.26. The molecule has 0 spiro atoms. The van der Waals surface area contributed by atoms with E-state index in [2.05, 4.69) is 15.0 Å². The summed E-state index contributed by atoms with van der Waals surface area (Å²) in [6, 6.07) is 14.6. The third kappa shape index (κ3) is 6.85. The van der Waals surface area contributed by atoms with Crippen molar-refractivity contribution in [1.82, 2.24) is 4.98 Å². The van der Waals surface area contributed by atoms with Gasteiger partial charge in [-0.2, -0.15) is 0 Å². The van der Waals surface area contributed by atoms with E-state index in [1.54, 1.807) is 31.3 Å². The van der Waals surface area contributed by atoms with Crippen molar-refractivity contribution in [2.75, 3.05) is 17.1 Å². The fourth-order valence-electron chi connectivity index (χ4n) is 2.83. The number of aromatic amines is 1. The quantitative estimate of drug-likeness (QED) is 0.301. The van der Waals surface area contributed by atoms with Crippen molar-refractivity contribution in [3.8, 4) is 0 Å². The Hall–Kier alpha value is -3.79. The largest absolute Gasteiger partial charge is 0.388 e. The number of anilines is 2. The molecule has 4 aromatic rings. The fourth-order valence-corrected chi connectivity index (χ4v) is 3.87. The molecule has 10 heteroatoms. The van der Waals surface area contributed by atoms with Gasteiger partial charge in [0.2, 0.25) is 0 Å². The number of rotatable bonds is 5. The highest BCUT2D eigenvalue weighted by atomic mass is 32.2. The summed E-state index contributed by atoms with van der Waals surface area (Å²) in [4.78, 5) is 13.1. The Morgan fingerprint density at radius 2 is 1.47 bits per heavy atom. The van der Waals surface area contributed by atoms with Crippen LogP contribution in [-0.4, -0.2) is 26.7 Å². The molecular formula is C24H24F3N3O3S. The lowest BCUT2D eigenvalue weighted by Gasteiger charge is -2.09. The topological polar surface area (TPSA) is 91.1 Å². The summed E-state index contributed by atoms with van der Waals surface area (Å²) >= 11 is 0. The molecule has 3 N–H and O–H groups in total. The second-order valence-electron chi connectivity index (χ2n) is 6.58. The number of aldehydes is 1. The molecule has 34 heavy (non-hydrogen) atoms. The SMILES string of the molecule is CC.CNc1ccc(S(=O)(=O)Nc2cc(F)cc(F)c2)cc1.O=Cc1cc2c(F)cccc2[nH]1. The summed E-state index contributed by atoms with van der Waals surface area (Å²) in [6.07, 6.45) is 0.666. The lowest BCUT2D eigenvalue weighted by atomic mass is 10.2. The number of hydrogen-bond acceptors (Lipinski definition) is 4. The highest BCUT2D eigenvalue weighted by Crippen LogP contribution is 2.20.